The van der Waals surface area contributed by atoms with Crippen molar-refractivity contribution in [1.29, 1.82) is 0 Å². The number of rotatable bonds is 12. The number of esters is 4. The number of ether oxygens (including phenoxy) is 6. The van der Waals surface area contributed by atoms with Crippen LogP contribution >= 0.6 is 0 Å². The van der Waals surface area contributed by atoms with Gasteiger partial charge in [-0.15, -0.1) is 0 Å². The molecular formula is C53H82O18S. The van der Waals surface area contributed by atoms with E-state index < -0.39 is 162 Å². The molecule has 2 aliphatic rings. The van der Waals surface area contributed by atoms with Gasteiger partial charge in [0.15, 0.2) is 46.2 Å². The van der Waals surface area contributed by atoms with Gasteiger partial charge in [0, 0.05) is 27.4 Å². The summed E-state index contributed by atoms with van der Waals surface area (Å²) in [6, 6.07) is 7.11. The van der Waals surface area contributed by atoms with Crippen molar-refractivity contribution in [3.8, 4) is 0 Å². The highest BCUT2D eigenvalue weighted by molar-refractivity contribution is 7.92. The molecule has 72 heavy (non-hydrogen) atoms. The van der Waals surface area contributed by atoms with Crippen LogP contribution in [0.25, 0.3) is 0 Å². The average molecular weight is 1040 g/mol. The predicted octanol–water partition coefficient (Wildman–Crippen LogP) is 5.15. The number of benzene rings is 1. The maximum atomic E-state index is 15.9. The lowest BCUT2D eigenvalue weighted by molar-refractivity contribution is -0.378. The van der Waals surface area contributed by atoms with Crippen LogP contribution < -0.4 is 0 Å². The summed E-state index contributed by atoms with van der Waals surface area (Å²) in [5.41, 5.74) is -25.4. The van der Waals surface area contributed by atoms with E-state index in [2.05, 4.69) is 0 Å². The molecule has 1 aromatic carbocycles. The first-order valence-corrected chi connectivity index (χ1v) is 25.3. The Morgan fingerprint density at radius 2 is 0.972 bits per heavy atom. The fraction of sp³-hybridized carbons (Fsp3) is 0.755. The SMILES string of the molecule is CC(C)(C)C(=O)OC[C@H]1O[C@@H]([C@@]2(O)[C@@H](C(O)C(=O)C(C)(C)C)O[C@@H]([S+]([O-])c3ccccc3)[C@@](O)(C(=O)C(C)(C)C)[C@]2(O)C(=O)C(C)(C)C)[C@H](OC(=O)C(C)(C)C)[C@@H](OC(=O)C(C)(C)C)[C@H]1OC(=O)C(C)(C)C. The molecule has 408 valence electrons. The lowest BCUT2D eigenvalue weighted by Crippen LogP contribution is -2.92. The van der Waals surface area contributed by atoms with Gasteiger partial charge in [0.2, 0.25) is 11.2 Å². The van der Waals surface area contributed by atoms with E-state index in [-0.39, 0.29) is 4.90 Å². The van der Waals surface area contributed by atoms with E-state index in [1.165, 1.54) is 170 Å². The number of carbonyl (C=O) groups excluding carboxylic acids is 7. The van der Waals surface area contributed by atoms with Gasteiger partial charge in [-0.05, 0) is 95.2 Å². The van der Waals surface area contributed by atoms with Crippen molar-refractivity contribution in [2.45, 2.75) is 215 Å². The number of aliphatic hydroxyl groups is 4. The topological polar surface area (TPSA) is 279 Å². The fourth-order valence-corrected chi connectivity index (χ4v) is 9.47. The monoisotopic (exact) mass is 1040 g/mol. The minimum Gasteiger partial charge on any atom is -0.609 e. The number of ketones is 3. The van der Waals surface area contributed by atoms with Gasteiger partial charge in [0.1, 0.15) is 31.0 Å². The highest BCUT2D eigenvalue weighted by Crippen LogP contribution is 2.57. The Bertz CT molecular complexity index is 2190. The molecule has 2 unspecified atom stereocenters. The Labute approximate surface area is 428 Å². The second-order valence-electron chi connectivity index (χ2n) is 26.3. The minimum atomic E-state index is -4.18. The van der Waals surface area contributed by atoms with Gasteiger partial charge in [0.05, 0.1) is 21.7 Å². The van der Waals surface area contributed by atoms with Crippen LogP contribution in [0.2, 0.25) is 0 Å². The standard InChI is InChI=1S/C53H82O18S/c1-44(2,3)34(55)30(54)35-51(62,53(64,38(57)46(7,8)9)52(63,37(56)45(4,5)6)43(71-35)72(65)28-25-23-22-24-26-28)36-33(70-42(61)50(19,20)21)32(69-41(60)49(16,17)18)31(68-40(59)48(13,14)15)29(67-36)27-66-39(58)47(10,11)12/h22-26,29-33,35-36,43,54,62-64H,27H2,1-21H3/t29-,30?,31+,32+,33-,35-,36-,43+,51+,52+,53+,72?/m1/s1. The van der Waals surface area contributed by atoms with Gasteiger partial charge in [-0.25, -0.2) is 0 Å². The first-order chi connectivity index (χ1) is 32.0. The summed E-state index contributed by atoms with van der Waals surface area (Å²) in [5.74, 6) is -8.13. The Hall–Kier alpha value is -3.82. The Morgan fingerprint density at radius 1 is 0.569 bits per heavy atom. The van der Waals surface area contributed by atoms with Crippen LogP contribution in [0.15, 0.2) is 35.2 Å². The van der Waals surface area contributed by atoms with E-state index in [1.807, 2.05) is 0 Å². The Morgan fingerprint density at radius 3 is 1.36 bits per heavy atom. The van der Waals surface area contributed by atoms with E-state index in [0.717, 1.165) is 0 Å². The maximum Gasteiger partial charge on any atom is 0.311 e. The molecule has 1 aromatic rings. The normalized spacial score (nSPS) is 29.8. The van der Waals surface area contributed by atoms with E-state index in [4.69, 9.17) is 28.4 Å². The summed E-state index contributed by atoms with van der Waals surface area (Å²) >= 11 is -2.84. The second-order valence-corrected chi connectivity index (χ2v) is 27.8. The zero-order valence-electron chi connectivity index (χ0n) is 46.1. The molecule has 0 saturated carbocycles. The molecule has 0 bridgehead atoms. The third-order valence-electron chi connectivity index (χ3n) is 12.3. The van der Waals surface area contributed by atoms with Crippen molar-refractivity contribution >= 4 is 52.4 Å². The fourth-order valence-electron chi connectivity index (χ4n) is 7.99. The Kier molecular flexibility index (Phi) is 18.0. The van der Waals surface area contributed by atoms with E-state index in [9.17, 15) is 44.4 Å². The molecule has 0 amide bonds. The van der Waals surface area contributed by atoms with Crippen LogP contribution in [0.1, 0.15) is 145 Å². The second kappa shape index (κ2) is 20.7. The van der Waals surface area contributed by atoms with Crippen molar-refractivity contribution in [2.24, 2.45) is 37.9 Å². The minimum absolute atomic E-state index is 0.140. The average Bonchev–Trinajstić information content (AvgIpc) is 3.22. The highest BCUT2D eigenvalue weighted by atomic mass is 32.2. The summed E-state index contributed by atoms with van der Waals surface area (Å²) in [5, 5.41) is 55.0. The predicted molar refractivity (Wildman–Crippen MR) is 263 cm³/mol. The van der Waals surface area contributed by atoms with Crippen molar-refractivity contribution < 1.29 is 87.0 Å². The van der Waals surface area contributed by atoms with E-state index in [1.54, 1.807) is 6.07 Å². The summed E-state index contributed by atoms with van der Waals surface area (Å²) in [6.45, 7) is 28.5. The van der Waals surface area contributed by atoms with Crippen LogP contribution in [0, 0.1) is 37.9 Å². The molecule has 0 spiro atoms. The first-order valence-electron chi connectivity index (χ1n) is 24.1. The first kappa shape index (κ1) is 62.5. The lowest BCUT2D eigenvalue weighted by Gasteiger charge is -2.64. The van der Waals surface area contributed by atoms with Crippen LogP contribution in [-0.2, 0) is 73.2 Å². The molecule has 0 aromatic heterocycles. The maximum absolute atomic E-state index is 15.9. The van der Waals surface area contributed by atoms with Crippen molar-refractivity contribution in [2.75, 3.05) is 6.61 Å². The van der Waals surface area contributed by atoms with Crippen LogP contribution in [0.3, 0.4) is 0 Å². The third-order valence-corrected chi connectivity index (χ3v) is 13.9. The van der Waals surface area contributed by atoms with Gasteiger partial charge in [-0.2, -0.15) is 0 Å². The third kappa shape index (κ3) is 12.3. The molecule has 0 radical (unpaired) electrons. The van der Waals surface area contributed by atoms with Gasteiger partial charge in [0.25, 0.3) is 5.44 Å². The molecule has 2 aliphatic heterocycles. The number of carbonyl (C=O) groups is 7. The molecular weight excluding hydrogens is 957 g/mol. The van der Waals surface area contributed by atoms with Crippen LogP contribution in [0.5, 0.6) is 0 Å². The molecule has 0 aliphatic carbocycles. The van der Waals surface area contributed by atoms with E-state index in [0.29, 0.717) is 0 Å². The van der Waals surface area contributed by atoms with Gasteiger partial charge in [-0.1, -0.05) is 80.5 Å². The molecule has 3 rings (SSSR count). The van der Waals surface area contributed by atoms with Gasteiger partial charge in [-0.3, -0.25) is 33.6 Å². The van der Waals surface area contributed by atoms with Crippen molar-refractivity contribution in [3.05, 3.63) is 30.3 Å². The van der Waals surface area contributed by atoms with Crippen molar-refractivity contribution in [1.82, 2.24) is 0 Å². The molecule has 18 nitrogen and oxygen atoms in total. The van der Waals surface area contributed by atoms with Gasteiger partial charge < -0.3 is 53.4 Å². The van der Waals surface area contributed by atoms with Crippen LogP contribution in [0.4, 0.5) is 0 Å². The zero-order valence-corrected chi connectivity index (χ0v) is 46.9. The number of aliphatic hydroxyl groups excluding tert-OH is 1. The van der Waals surface area contributed by atoms with Gasteiger partial charge >= 0.3 is 23.9 Å². The number of Topliss-reactive ketones (excluding diaryl/α,β-unsaturated/α-hetero) is 3. The molecule has 4 N–H and O–H groups in total. The van der Waals surface area contributed by atoms with Crippen molar-refractivity contribution in [3.63, 3.8) is 0 Å². The summed E-state index contributed by atoms with van der Waals surface area (Å²) in [7, 11) is 0. The van der Waals surface area contributed by atoms with Crippen LogP contribution in [-0.4, -0.2) is 138 Å². The molecule has 12 atom stereocenters. The quantitative estimate of drug-likeness (QED) is 0.120. The smallest absolute Gasteiger partial charge is 0.311 e. The molecule has 2 heterocycles. The summed E-state index contributed by atoms with van der Waals surface area (Å²) in [6.07, 6.45) is -16.8. The molecule has 2 saturated heterocycles. The largest absolute Gasteiger partial charge is 0.609 e. The summed E-state index contributed by atoms with van der Waals surface area (Å²) in [4.78, 5) is 102. The number of hydrogen-bond acceptors (Lipinski definition) is 18. The molecule has 2 fully saturated rings. The summed E-state index contributed by atoms with van der Waals surface area (Å²) < 4.78 is 52.6. The lowest BCUT2D eigenvalue weighted by atomic mass is 9.53. The highest BCUT2D eigenvalue weighted by Gasteiger charge is 2.86. The zero-order chi connectivity index (χ0) is 56.3. The number of hydrogen-bond donors (Lipinski definition) is 4. The van der Waals surface area contributed by atoms with E-state index >= 15 is 14.1 Å². The Balaban J connectivity index is 2.88. The molecule has 19 heteroatoms.